The van der Waals surface area contributed by atoms with E-state index in [1.807, 2.05) is 59.1 Å². The molecule has 36 heavy (non-hydrogen) atoms. The van der Waals surface area contributed by atoms with E-state index in [0.29, 0.717) is 17.3 Å². The zero-order chi connectivity index (χ0) is 24.9. The van der Waals surface area contributed by atoms with Gasteiger partial charge < -0.3 is 19.1 Å². The Balaban J connectivity index is 1.28. The van der Waals surface area contributed by atoms with E-state index in [4.69, 9.17) is 4.74 Å². The molecule has 9 heteroatoms. The van der Waals surface area contributed by atoms with Gasteiger partial charge in [0.2, 0.25) is 5.91 Å². The van der Waals surface area contributed by atoms with Crippen LogP contribution < -0.4 is 9.64 Å². The van der Waals surface area contributed by atoms with Crippen LogP contribution in [0.15, 0.2) is 78.1 Å². The van der Waals surface area contributed by atoms with Crippen molar-refractivity contribution < 1.29 is 9.53 Å². The third-order valence-corrected chi connectivity index (χ3v) is 7.41. The number of carbonyl (C=O) groups is 1. The molecule has 1 aliphatic heterocycles. The molecule has 3 heterocycles. The van der Waals surface area contributed by atoms with Crippen molar-refractivity contribution in [3.63, 3.8) is 0 Å². The Morgan fingerprint density at radius 2 is 1.67 bits per heavy atom. The van der Waals surface area contributed by atoms with E-state index in [-0.39, 0.29) is 5.91 Å². The van der Waals surface area contributed by atoms with Crippen LogP contribution in [0.3, 0.4) is 0 Å². The summed E-state index contributed by atoms with van der Waals surface area (Å²) < 4.78 is 9.45. The van der Waals surface area contributed by atoms with Gasteiger partial charge in [-0.1, -0.05) is 30.0 Å². The molecule has 1 aliphatic rings. The molecule has 186 valence electrons. The molecule has 0 radical (unpaired) electrons. The summed E-state index contributed by atoms with van der Waals surface area (Å²) in [5, 5.41) is 9.68. The van der Waals surface area contributed by atoms with E-state index < -0.39 is 0 Å². The van der Waals surface area contributed by atoms with Crippen LogP contribution in [-0.2, 0) is 18.3 Å². The van der Waals surface area contributed by atoms with Crippen molar-refractivity contribution in [1.29, 1.82) is 0 Å². The van der Waals surface area contributed by atoms with E-state index in [1.165, 1.54) is 17.4 Å². The molecule has 4 aromatic rings. The normalized spacial score (nSPS) is 13.7. The highest BCUT2D eigenvalue weighted by molar-refractivity contribution is 7.99. The first kappa shape index (κ1) is 24.0. The Kier molecular flexibility index (Phi) is 7.27. The van der Waals surface area contributed by atoms with Gasteiger partial charge in [0, 0.05) is 62.9 Å². The number of anilines is 1. The monoisotopic (exact) mass is 502 g/mol. The van der Waals surface area contributed by atoms with Gasteiger partial charge in [-0.15, -0.1) is 10.2 Å². The Hall–Kier alpha value is -3.72. The minimum absolute atomic E-state index is 0.126. The fraction of sp³-hybridized carbons (Fsp3) is 0.296. The molecular weight excluding hydrogens is 472 g/mol. The number of rotatable bonds is 8. The van der Waals surface area contributed by atoms with Gasteiger partial charge >= 0.3 is 0 Å². The molecule has 1 saturated heterocycles. The lowest BCUT2D eigenvalue weighted by Gasteiger charge is -2.36. The molecular formula is C27H30N6O2S. The smallest absolute Gasteiger partial charge is 0.233 e. The maximum Gasteiger partial charge on any atom is 0.233 e. The minimum atomic E-state index is 0.126. The zero-order valence-electron chi connectivity index (χ0n) is 20.6. The number of aryl methyl sites for hydroxylation is 1. The van der Waals surface area contributed by atoms with Crippen LogP contribution >= 0.6 is 11.8 Å². The number of ether oxygens (including phenoxy) is 1. The number of nitrogens with zero attached hydrogens (tertiary/aromatic N) is 6. The van der Waals surface area contributed by atoms with Gasteiger partial charge in [0.1, 0.15) is 11.6 Å². The zero-order valence-corrected chi connectivity index (χ0v) is 21.4. The number of para-hydroxylation sites is 1. The van der Waals surface area contributed by atoms with Crippen molar-refractivity contribution >= 4 is 23.4 Å². The Bertz CT molecular complexity index is 1290. The summed E-state index contributed by atoms with van der Waals surface area (Å²) in [6, 6.07) is 22.3. The standard InChI is InChI=1S/C27H30N6O2S/c1-30-14-6-9-23(30)19-25-28-29-27(33(25)22-10-12-24(35-2)13-11-22)36-20-26(34)32-17-15-31(16-18-32)21-7-4-3-5-8-21/h3-14H,15-20H2,1-2H3. The lowest BCUT2D eigenvalue weighted by molar-refractivity contribution is -0.128. The minimum Gasteiger partial charge on any atom is -0.497 e. The first-order valence-corrected chi connectivity index (χ1v) is 13.0. The highest BCUT2D eigenvalue weighted by Crippen LogP contribution is 2.26. The van der Waals surface area contributed by atoms with Crippen LogP contribution in [0.1, 0.15) is 11.5 Å². The largest absolute Gasteiger partial charge is 0.497 e. The number of aromatic nitrogens is 4. The maximum absolute atomic E-state index is 13.1. The fourth-order valence-electron chi connectivity index (χ4n) is 4.41. The number of hydrogen-bond donors (Lipinski definition) is 0. The third kappa shape index (κ3) is 5.26. The van der Waals surface area contributed by atoms with Crippen LogP contribution in [0.25, 0.3) is 5.69 Å². The van der Waals surface area contributed by atoms with Gasteiger partial charge in [-0.25, -0.2) is 0 Å². The Morgan fingerprint density at radius 3 is 2.33 bits per heavy atom. The number of piperazine rings is 1. The summed E-state index contributed by atoms with van der Waals surface area (Å²) in [7, 11) is 3.68. The predicted molar refractivity (Wildman–Crippen MR) is 142 cm³/mol. The predicted octanol–water partition coefficient (Wildman–Crippen LogP) is 3.65. The van der Waals surface area contributed by atoms with E-state index in [1.54, 1.807) is 7.11 Å². The number of amides is 1. The van der Waals surface area contributed by atoms with E-state index in [9.17, 15) is 4.79 Å². The molecule has 1 amide bonds. The highest BCUT2D eigenvalue weighted by atomic mass is 32.2. The van der Waals surface area contributed by atoms with Gasteiger partial charge in [-0.2, -0.15) is 0 Å². The molecule has 5 rings (SSSR count). The van der Waals surface area contributed by atoms with Crippen molar-refractivity contribution in [3.8, 4) is 11.4 Å². The summed E-state index contributed by atoms with van der Waals surface area (Å²) in [6.07, 6.45) is 2.66. The number of benzene rings is 2. The Labute approximate surface area is 215 Å². The Morgan fingerprint density at radius 1 is 0.917 bits per heavy atom. The van der Waals surface area contributed by atoms with E-state index in [0.717, 1.165) is 49.1 Å². The fourth-order valence-corrected chi connectivity index (χ4v) is 5.29. The van der Waals surface area contributed by atoms with Crippen LogP contribution in [0.4, 0.5) is 5.69 Å². The first-order valence-electron chi connectivity index (χ1n) is 12.0. The molecule has 0 unspecified atom stereocenters. The second kappa shape index (κ2) is 10.9. The van der Waals surface area contributed by atoms with Gasteiger partial charge in [0.25, 0.3) is 0 Å². The van der Waals surface area contributed by atoms with Gasteiger partial charge in [-0.05, 0) is 48.5 Å². The number of carbonyl (C=O) groups excluding carboxylic acids is 1. The van der Waals surface area contributed by atoms with Gasteiger partial charge in [-0.3, -0.25) is 9.36 Å². The molecule has 8 nitrogen and oxygen atoms in total. The summed E-state index contributed by atoms with van der Waals surface area (Å²) in [5.74, 6) is 2.06. The molecule has 0 aliphatic carbocycles. The van der Waals surface area contributed by atoms with Crippen molar-refractivity contribution in [2.24, 2.45) is 7.05 Å². The molecule has 0 atom stereocenters. The van der Waals surface area contributed by atoms with E-state index in [2.05, 4.69) is 50.0 Å². The van der Waals surface area contributed by atoms with E-state index >= 15 is 0 Å². The van der Waals surface area contributed by atoms with Crippen molar-refractivity contribution in [3.05, 3.63) is 84.4 Å². The SMILES string of the molecule is COc1ccc(-n2c(Cc3cccn3C)nnc2SCC(=O)N2CCN(c3ccccc3)CC2)cc1. The van der Waals surface area contributed by atoms with Crippen LogP contribution in [0.5, 0.6) is 5.75 Å². The summed E-state index contributed by atoms with van der Waals surface area (Å²) >= 11 is 1.43. The molecule has 0 saturated carbocycles. The van der Waals surface area contributed by atoms with Crippen molar-refractivity contribution in [1.82, 2.24) is 24.2 Å². The number of methoxy groups -OCH3 is 1. The van der Waals surface area contributed by atoms with Gasteiger partial charge in [0.05, 0.1) is 12.9 Å². The van der Waals surface area contributed by atoms with Crippen LogP contribution in [0.2, 0.25) is 0 Å². The van der Waals surface area contributed by atoms with Crippen LogP contribution in [-0.4, -0.2) is 69.2 Å². The maximum atomic E-state index is 13.1. The molecule has 0 N–H and O–H groups in total. The summed E-state index contributed by atoms with van der Waals surface area (Å²) in [5.41, 5.74) is 3.29. The quantitative estimate of drug-likeness (QED) is 0.343. The second-order valence-electron chi connectivity index (χ2n) is 8.71. The van der Waals surface area contributed by atoms with Crippen molar-refractivity contribution in [2.45, 2.75) is 11.6 Å². The lowest BCUT2D eigenvalue weighted by Crippen LogP contribution is -2.49. The average Bonchev–Trinajstić information content (AvgIpc) is 3.53. The first-order chi connectivity index (χ1) is 17.6. The van der Waals surface area contributed by atoms with Crippen molar-refractivity contribution in [2.75, 3.05) is 43.9 Å². The molecule has 2 aromatic heterocycles. The summed E-state index contributed by atoms with van der Waals surface area (Å²) in [6.45, 7) is 3.11. The average molecular weight is 503 g/mol. The second-order valence-corrected chi connectivity index (χ2v) is 9.65. The highest BCUT2D eigenvalue weighted by Gasteiger charge is 2.23. The van der Waals surface area contributed by atoms with Gasteiger partial charge in [0.15, 0.2) is 5.16 Å². The number of thioether (sulfide) groups is 1. The molecule has 0 bridgehead atoms. The van der Waals surface area contributed by atoms with Crippen LogP contribution in [0, 0.1) is 0 Å². The number of hydrogen-bond acceptors (Lipinski definition) is 6. The molecule has 2 aromatic carbocycles. The molecule has 0 spiro atoms. The summed E-state index contributed by atoms with van der Waals surface area (Å²) in [4.78, 5) is 17.3. The lowest BCUT2D eigenvalue weighted by atomic mass is 10.2. The topological polar surface area (TPSA) is 68.4 Å². The third-order valence-electron chi connectivity index (χ3n) is 6.50. The molecule has 1 fully saturated rings.